The number of fused-ring (bicyclic) bond motifs is 2. The van der Waals surface area contributed by atoms with E-state index in [2.05, 4.69) is 6.08 Å². The number of nitrogens with two attached hydrogens (primary N) is 1. The molecule has 6 heteroatoms. The predicted molar refractivity (Wildman–Crippen MR) is 70.0 cm³/mol. The minimum absolute atomic E-state index is 0.0517. The van der Waals surface area contributed by atoms with Crippen molar-refractivity contribution in [3.8, 4) is 0 Å². The second-order valence-corrected chi connectivity index (χ2v) is 6.17. The van der Waals surface area contributed by atoms with Gasteiger partial charge >= 0.3 is 0 Å². The summed E-state index contributed by atoms with van der Waals surface area (Å²) in [6, 6.07) is -0.403. The van der Waals surface area contributed by atoms with Crippen molar-refractivity contribution in [3.63, 3.8) is 0 Å². The van der Waals surface area contributed by atoms with Gasteiger partial charge in [-0.3, -0.25) is 0 Å². The van der Waals surface area contributed by atoms with Crippen molar-refractivity contribution in [3.05, 3.63) is 12.2 Å². The molecule has 0 unspecified atom stereocenters. The third kappa shape index (κ3) is 2.74. The molecule has 0 aromatic carbocycles. The Balaban J connectivity index is 2.22. The van der Waals surface area contributed by atoms with Gasteiger partial charge in [0.1, 0.15) is 29.9 Å². The second kappa shape index (κ2) is 5.90. The number of ether oxygens (including phenoxy) is 1. The van der Waals surface area contributed by atoms with Crippen molar-refractivity contribution < 1.29 is 20.1 Å². The van der Waals surface area contributed by atoms with Crippen LogP contribution in [-0.2, 0) is 4.74 Å². The summed E-state index contributed by atoms with van der Waals surface area (Å²) >= 11 is 1.44. The SMILES string of the molecule is C[C@@H]1/C=C\CCS[C@H]2O[C@H]([C@@H]1N)[C@H](O)[C@H](O)[C@H]2O. The molecular weight excluding hydrogens is 254 g/mol. The zero-order chi connectivity index (χ0) is 13.3. The maximum absolute atomic E-state index is 9.98. The molecule has 0 aromatic rings. The Morgan fingerprint density at radius 3 is 2.67 bits per heavy atom. The lowest BCUT2D eigenvalue weighted by Crippen LogP contribution is -2.62. The molecule has 0 radical (unpaired) electrons. The van der Waals surface area contributed by atoms with Crippen molar-refractivity contribution in [2.75, 3.05) is 5.75 Å². The fraction of sp³-hybridized carbons (Fsp3) is 0.833. The van der Waals surface area contributed by atoms with Gasteiger partial charge < -0.3 is 25.8 Å². The fourth-order valence-corrected chi connectivity index (χ4v) is 3.39. The molecule has 2 bridgehead atoms. The fourth-order valence-electron chi connectivity index (χ4n) is 2.32. The largest absolute Gasteiger partial charge is 0.388 e. The first-order valence-electron chi connectivity index (χ1n) is 6.26. The Bertz CT molecular complexity index is 314. The molecule has 5 nitrogen and oxygen atoms in total. The summed E-state index contributed by atoms with van der Waals surface area (Å²) in [5, 5.41) is 29.7. The summed E-state index contributed by atoms with van der Waals surface area (Å²) in [6.07, 6.45) is 0.862. The summed E-state index contributed by atoms with van der Waals surface area (Å²) in [4.78, 5) is 0. The van der Waals surface area contributed by atoms with E-state index in [0.717, 1.165) is 12.2 Å². The molecule has 2 rings (SSSR count). The van der Waals surface area contributed by atoms with Crippen molar-refractivity contribution in [2.24, 2.45) is 11.7 Å². The molecule has 2 heterocycles. The van der Waals surface area contributed by atoms with Crippen LogP contribution < -0.4 is 5.73 Å². The highest BCUT2D eigenvalue weighted by molar-refractivity contribution is 7.99. The Hall–Kier alpha value is -0.110. The van der Waals surface area contributed by atoms with E-state index in [1.807, 2.05) is 13.0 Å². The Morgan fingerprint density at radius 1 is 1.22 bits per heavy atom. The number of rotatable bonds is 0. The molecule has 18 heavy (non-hydrogen) atoms. The first-order valence-corrected chi connectivity index (χ1v) is 7.30. The number of hydrogen-bond acceptors (Lipinski definition) is 6. The van der Waals surface area contributed by atoms with E-state index in [4.69, 9.17) is 10.5 Å². The highest BCUT2D eigenvalue weighted by Crippen LogP contribution is 2.32. The average molecular weight is 275 g/mol. The first kappa shape index (κ1) is 14.3. The number of hydrogen-bond donors (Lipinski definition) is 4. The molecule has 2 aliphatic rings. The predicted octanol–water partition coefficient (Wildman–Crippen LogP) is -0.550. The summed E-state index contributed by atoms with van der Waals surface area (Å²) in [5.74, 6) is 0.853. The molecule has 0 saturated carbocycles. The van der Waals surface area contributed by atoms with Gasteiger partial charge in [-0.15, -0.1) is 11.8 Å². The van der Waals surface area contributed by atoms with Gasteiger partial charge in [0.2, 0.25) is 0 Å². The van der Waals surface area contributed by atoms with Crippen LogP contribution in [0.5, 0.6) is 0 Å². The van der Waals surface area contributed by atoms with E-state index in [1.165, 1.54) is 11.8 Å². The van der Waals surface area contributed by atoms with Crippen LogP contribution in [0.3, 0.4) is 0 Å². The third-order valence-corrected chi connectivity index (χ3v) is 4.79. The summed E-state index contributed by atoms with van der Waals surface area (Å²) in [6.45, 7) is 1.96. The summed E-state index contributed by atoms with van der Waals surface area (Å²) in [7, 11) is 0. The zero-order valence-corrected chi connectivity index (χ0v) is 11.2. The molecule has 2 aliphatic heterocycles. The molecule has 0 aliphatic carbocycles. The van der Waals surface area contributed by atoms with Crippen LogP contribution in [-0.4, -0.2) is 57.0 Å². The van der Waals surface area contributed by atoms with E-state index >= 15 is 0 Å². The number of allylic oxidation sites excluding steroid dienone is 1. The van der Waals surface area contributed by atoms with Crippen molar-refractivity contribution in [1.82, 2.24) is 0 Å². The molecule has 1 fully saturated rings. The highest BCUT2D eigenvalue weighted by Gasteiger charge is 2.46. The lowest BCUT2D eigenvalue weighted by atomic mass is 9.88. The molecule has 5 N–H and O–H groups in total. The summed E-state index contributed by atoms with van der Waals surface area (Å²) < 4.78 is 5.68. The third-order valence-electron chi connectivity index (χ3n) is 3.60. The van der Waals surface area contributed by atoms with Crippen LogP contribution in [0.1, 0.15) is 13.3 Å². The quantitative estimate of drug-likeness (QED) is 0.443. The lowest BCUT2D eigenvalue weighted by Gasteiger charge is -2.43. The van der Waals surface area contributed by atoms with Crippen molar-refractivity contribution >= 4 is 11.8 Å². The monoisotopic (exact) mass is 275 g/mol. The van der Waals surface area contributed by atoms with Gasteiger partial charge in [0.05, 0.1) is 0 Å². The molecule has 1 saturated heterocycles. The standard InChI is InChI=1S/C12H21NO4S/c1-6-4-2-3-5-18-12-10(16)8(14)9(15)11(17-12)7(6)13/h2,4,6-12,14-16H,3,5,13H2,1H3/b4-2-/t6-,7-,8+,9-,10-,11-,12-/m1/s1. The van der Waals surface area contributed by atoms with E-state index < -0.39 is 35.9 Å². The number of thioether (sulfide) groups is 1. The van der Waals surface area contributed by atoms with Gasteiger partial charge in [0, 0.05) is 6.04 Å². The lowest BCUT2D eigenvalue weighted by molar-refractivity contribution is -0.204. The Morgan fingerprint density at radius 2 is 1.94 bits per heavy atom. The van der Waals surface area contributed by atoms with Gasteiger partial charge in [-0.25, -0.2) is 0 Å². The minimum atomic E-state index is -1.21. The normalized spacial score (nSPS) is 51.7. The second-order valence-electron chi connectivity index (χ2n) is 4.96. The van der Waals surface area contributed by atoms with Gasteiger partial charge in [0.15, 0.2) is 0 Å². The minimum Gasteiger partial charge on any atom is -0.388 e. The Labute approximate surface area is 111 Å². The molecule has 0 amide bonds. The van der Waals surface area contributed by atoms with E-state index in [0.29, 0.717) is 0 Å². The zero-order valence-electron chi connectivity index (χ0n) is 10.3. The molecule has 7 atom stereocenters. The van der Waals surface area contributed by atoms with Gasteiger partial charge in [0.25, 0.3) is 0 Å². The van der Waals surface area contributed by atoms with Gasteiger partial charge in [-0.05, 0) is 18.1 Å². The van der Waals surface area contributed by atoms with E-state index in [-0.39, 0.29) is 5.92 Å². The van der Waals surface area contributed by atoms with Crippen molar-refractivity contribution in [1.29, 1.82) is 0 Å². The number of aliphatic hydroxyl groups is 3. The van der Waals surface area contributed by atoms with Crippen LogP contribution in [0.15, 0.2) is 12.2 Å². The van der Waals surface area contributed by atoms with Crippen LogP contribution in [0, 0.1) is 5.92 Å². The molecular formula is C12H21NO4S. The number of aliphatic hydroxyl groups excluding tert-OH is 3. The topological polar surface area (TPSA) is 95.9 Å². The smallest absolute Gasteiger partial charge is 0.132 e. The van der Waals surface area contributed by atoms with Gasteiger partial charge in [-0.1, -0.05) is 19.1 Å². The Kier molecular flexibility index (Phi) is 4.69. The van der Waals surface area contributed by atoms with E-state index in [9.17, 15) is 15.3 Å². The molecule has 104 valence electrons. The van der Waals surface area contributed by atoms with E-state index in [1.54, 1.807) is 0 Å². The highest BCUT2D eigenvalue weighted by atomic mass is 32.2. The van der Waals surface area contributed by atoms with Crippen LogP contribution >= 0.6 is 11.8 Å². The maximum atomic E-state index is 9.98. The maximum Gasteiger partial charge on any atom is 0.132 e. The molecule has 0 aromatic heterocycles. The van der Waals surface area contributed by atoms with Crippen LogP contribution in [0.25, 0.3) is 0 Å². The van der Waals surface area contributed by atoms with Crippen LogP contribution in [0.2, 0.25) is 0 Å². The first-order chi connectivity index (χ1) is 8.52. The average Bonchev–Trinajstić information content (AvgIpc) is 2.36. The van der Waals surface area contributed by atoms with Gasteiger partial charge in [-0.2, -0.15) is 0 Å². The molecule has 0 spiro atoms. The van der Waals surface area contributed by atoms with Crippen molar-refractivity contribution in [2.45, 2.75) is 49.2 Å². The summed E-state index contributed by atoms with van der Waals surface area (Å²) in [5.41, 5.74) is 5.55. The van der Waals surface area contributed by atoms with Crippen LogP contribution in [0.4, 0.5) is 0 Å².